The highest BCUT2D eigenvalue weighted by molar-refractivity contribution is 5.80. The molecule has 0 saturated heterocycles. The highest BCUT2D eigenvalue weighted by Crippen LogP contribution is 2.28. The van der Waals surface area contributed by atoms with Crippen molar-refractivity contribution in [2.45, 2.75) is 51.5 Å². The molecular weight excluding hydrogens is 242 g/mol. The van der Waals surface area contributed by atoms with E-state index in [2.05, 4.69) is 22.9 Å². The average Bonchev–Trinajstić information content (AvgIpc) is 3.21. The topological polar surface area (TPSA) is 70.2 Å². The van der Waals surface area contributed by atoms with Gasteiger partial charge in [-0.2, -0.15) is 0 Å². The summed E-state index contributed by atoms with van der Waals surface area (Å²) in [5.41, 5.74) is 0. The van der Waals surface area contributed by atoms with Crippen LogP contribution in [0.25, 0.3) is 0 Å². The molecule has 108 valence electrons. The van der Waals surface area contributed by atoms with Crippen LogP contribution in [-0.2, 0) is 4.79 Å². The van der Waals surface area contributed by atoms with Crippen molar-refractivity contribution in [3.8, 4) is 0 Å². The first kappa shape index (κ1) is 14.2. The first-order valence-corrected chi connectivity index (χ1v) is 7.49. The number of urea groups is 1. The molecule has 0 aromatic heterocycles. The molecule has 0 aliphatic heterocycles. The highest BCUT2D eigenvalue weighted by atomic mass is 16.2. The van der Waals surface area contributed by atoms with Gasteiger partial charge in [-0.1, -0.05) is 19.8 Å². The Kier molecular flexibility index (Phi) is 5.05. The maximum Gasteiger partial charge on any atom is 0.315 e. The summed E-state index contributed by atoms with van der Waals surface area (Å²) in [6.45, 7) is 3.20. The van der Waals surface area contributed by atoms with Gasteiger partial charge in [-0.25, -0.2) is 4.79 Å². The number of hydrogen-bond donors (Lipinski definition) is 3. The van der Waals surface area contributed by atoms with Gasteiger partial charge < -0.3 is 16.0 Å². The monoisotopic (exact) mass is 267 g/mol. The van der Waals surface area contributed by atoms with E-state index in [-0.39, 0.29) is 17.9 Å². The number of nitrogens with one attached hydrogen (secondary N) is 3. The van der Waals surface area contributed by atoms with Crippen molar-refractivity contribution in [1.29, 1.82) is 0 Å². The fourth-order valence-corrected chi connectivity index (χ4v) is 2.60. The van der Waals surface area contributed by atoms with E-state index >= 15 is 0 Å². The first-order valence-electron chi connectivity index (χ1n) is 7.49. The van der Waals surface area contributed by atoms with Crippen LogP contribution in [0.2, 0.25) is 0 Å². The summed E-state index contributed by atoms with van der Waals surface area (Å²) >= 11 is 0. The van der Waals surface area contributed by atoms with E-state index < -0.39 is 0 Å². The van der Waals surface area contributed by atoms with Gasteiger partial charge in [0.15, 0.2) is 0 Å². The molecule has 0 aromatic rings. The third-order valence-corrected chi connectivity index (χ3v) is 4.09. The molecule has 2 aliphatic carbocycles. The molecule has 19 heavy (non-hydrogen) atoms. The Bertz CT molecular complexity index is 329. The molecule has 2 atom stereocenters. The maximum atomic E-state index is 11.7. The second kappa shape index (κ2) is 6.78. The van der Waals surface area contributed by atoms with Crippen LogP contribution in [0.4, 0.5) is 4.79 Å². The molecule has 0 spiro atoms. The van der Waals surface area contributed by atoms with Gasteiger partial charge in [-0.15, -0.1) is 0 Å². The molecule has 0 heterocycles. The lowest BCUT2D eigenvalue weighted by Gasteiger charge is -2.29. The molecule has 5 nitrogen and oxygen atoms in total. The Morgan fingerprint density at radius 1 is 1.00 bits per heavy atom. The minimum absolute atomic E-state index is 0.112. The second-order valence-corrected chi connectivity index (χ2v) is 5.83. The summed E-state index contributed by atoms with van der Waals surface area (Å²) in [6, 6.07) is 0.189. The largest absolute Gasteiger partial charge is 0.354 e. The van der Waals surface area contributed by atoms with Crippen LogP contribution in [-0.4, -0.2) is 31.1 Å². The molecule has 3 amide bonds. The summed E-state index contributed by atoms with van der Waals surface area (Å²) < 4.78 is 0. The summed E-state index contributed by atoms with van der Waals surface area (Å²) in [5, 5.41) is 8.66. The van der Waals surface area contributed by atoms with Crippen molar-refractivity contribution < 1.29 is 9.59 Å². The SMILES string of the molecule is CC1CCCCC1NC(=O)NCCNC(=O)C1CC1. The predicted octanol–water partition coefficient (Wildman–Crippen LogP) is 1.39. The minimum atomic E-state index is -0.112. The van der Waals surface area contributed by atoms with Gasteiger partial charge in [0.2, 0.25) is 5.91 Å². The molecule has 2 unspecified atom stereocenters. The zero-order valence-electron chi connectivity index (χ0n) is 11.7. The van der Waals surface area contributed by atoms with Crippen LogP contribution in [0.3, 0.4) is 0 Å². The molecular formula is C14H25N3O2. The van der Waals surface area contributed by atoms with Gasteiger partial charge in [-0.05, 0) is 31.6 Å². The van der Waals surface area contributed by atoms with E-state index in [1.54, 1.807) is 0 Å². The number of amides is 3. The van der Waals surface area contributed by atoms with Gasteiger partial charge in [0.05, 0.1) is 0 Å². The van der Waals surface area contributed by atoms with Crippen molar-refractivity contribution in [2.75, 3.05) is 13.1 Å². The van der Waals surface area contributed by atoms with E-state index in [1.807, 2.05) is 0 Å². The molecule has 2 rings (SSSR count). The van der Waals surface area contributed by atoms with Crippen LogP contribution in [0.1, 0.15) is 45.4 Å². The standard InChI is InChI=1S/C14H25N3O2/c1-10-4-2-3-5-12(10)17-14(19)16-9-8-15-13(18)11-6-7-11/h10-12H,2-9H2,1H3,(H,15,18)(H2,16,17,19). The van der Waals surface area contributed by atoms with Crippen molar-refractivity contribution in [1.82, 2.24) is 16.0 Å². The van der Waals surface area contributed by atoms with Gasteiger partial charge in [-0.3, -0.25) is 4.79 Å². The maximum absolute atomic E-state index is 11.7. The Morgan fingerprint density at radius 3 is 2.37 bits per heavy atom. The third kappa shape index (κ3) is 4.73. The zero-order valence-corrected chi connectivity index (χ0v) is 11.7. The van der Waals surface area contributed by atoms with Crippen LogP contribution in [0.15, 0.2) is 0 Å². The van der Waals surface area contributed by atoms with Gasteiger partial charge >= 0.3 is 6.03 Å². The van der Waals surface area contributed by atoms with Crippen molar-refractivity contribution >= 4 is 11.9 Å². The summed E-state index contributed by atoms with van der Waals surface area (Å²) in [7, 11) is 0. The molecule has 0 bridgehead atoms. The summed E-state index contributed by atoms with van der Waals surface area (Å²) in [5.74, 6) is 0.925. The van der Waals surface area contributed by atoms with Crippen molar-refractivity contribution in [2.24, 2.45) is 11.8 Å². The second-order valence-electron chi connectivity index (χ2n) is 5.83. The normalized spacial score (nSPS) is 26.6. The lowest BCUT2D eigenvalue weighted by Crippen LogP contribution is -2.47. The summed E-state index contributed by atoms with van der Waals surface area (Å²) in [6.07, 6.45) is 6.77. The fourth-order valence-electron chi connectivity index (χ4n) is 2.60. The summed E-state index contributed by atoms with van der Waals surface area (Å²) in [4.78, 5) is 23.1. The van der Waals surface area contributed by atoms with E-state index in [0.29, 0.717) is 25.0 Å². The molecule has 2 saturated carbocycles. The van der Waals surface area contributed by atoms with Crippen LogP contribution >= 0.6 is 0 Å². The third-order valence-electron chi connectivity index (χ3n) is 4.09. The van der Waals surface area contributed by atoms with E-state index in [1.165, 1.54) is 19.3 Å². The van der Waals surface area contributed by atoms with E-state index in [9.17, 15) is 9.59 Å². The quantitative estimate of drug-likeness (QED) is 0.659. The van der Waals surface area contributed by atoms with Gasteiger partial charge in [0, 0.05) is 25.0 Å². The van der Waals surface area contributed by atoms with E-state index in [0.717, 1.165) is 19.3 Å². The van der Waals surface area contributed by atoms with Gasteiger partial charge in [0.25, 0.3) is 0 Å². The zero-order chi connectivity index (χ0) is 13.7. The predicted molar refractivity (Wildman–Crippen MR) is 73.7 cm³/mol. The molecule has 3 N–H and O–H groups in total. The first-order chi connectivity index (χ1) is 9.16. The minimum Gasteiger partial charge on any atom is -0.354 e. The lowest BCUT2D eigenvalue weighted by atomic mass is 9.86. The van der Waals surface area contributed by atoms with Gasteiger partial charge in [0.1, 0.15) is 0 Å². The number of hydrogen-bond acceptors (Lipinski definition) is 2. The van der Waals surface area contributed by atoms with Crippen LogP contribution in [0.5, 0.6) is 0 Å². The molecule has 5 heteroatoms. The van der Waals surface area contributed by atoms with Crippen molar-refractivity contribution in [3.05, 3.63) is 0 Å². The number of carbonyl (C=O) groups excluding carboxylic acids is 2. The highest BCUT2D eigenvalue weighted by Gasteiger charge is 2.29. The Morgan fingerprint density at radius 2 is 1.68 bits per heavy atom. The number of carbonyl (C=O) groups is 2. The molecule has 2 fully saturated rings. The Hall–Kier alpha value is -1.26. The van der Waals surface area contributed by atoms with Crippen LogP contribution < -0.4 is 16.0 Å². The van der Waals surface area contributed by atoms with E-state index in [4.69, 9.17) is 0 Å². The lowest BCUT2D eigenvalue weighted by molar-refractivity contribution is -0.122. The van der Waals surface area contributed by atoms with Crippen LogP contribution in [0, 0.1) is 11.8 Å². The molecule has 0 aromatic carbocycles. The Labute approximate surface area is 114 Å². The average molecular weight is 267 g/mol. The fraction of sp³-hybridized carbons (Fsp3) is 0.857. The Balaban J connectivity index is 1.54. The number of rotatable bonds is 5. The molecule has 2 aliphatic rings. The molecule has 0 radical (unpaired) electrons. The van der Waals surface area contributed by atoms with Crippen molar-refractivity contribution in [3.63, 3.8) is 0 Å². The smallest absolute Gasteiger partial charge is 0.315 e.